The van der Waals surface area contributed by atoms with Gasteiger partial charge in [-0.2, -0.15) is 15.0 Å². The summed E-state index contributed by atoms with van der Waals surface area (Å²) in [5, 5.41) is 3.17. The smallest absolute Gasteiger partial charge is 0.232 e. The number of thioether (sulfide) groups is 1. The molecule has 0 aliphatic carbocycles. The fourth-order valence-electron chi connectivity index (χ4n) is 2.71. The first-order chi connectivity index (χ1) is 13.7. The highest BCUT2D eigenvalue weighted by Gasteiger charge is 2.12. The lowest BCUT2D eigenvalue weighted by atomic mass is 10.2. The number of rotatable bonds is 5. The predicted molar refractivity (Wildman–Crippen MR) is 110 cm³/mol. The molecule has 0 fully saturated rings. The van der Waals surface area contributed by atoms with E-state index in [1.165, 1.54) is 5.56 Å². The SMILES string of the molecule is Cc1ccc(Nc2nc(N)nc(CSc3ccc4c(c3)OCCCO4)n2)cc1. The van der Waals surface area contributed by atoms with Gasteiger partial charge in [0.05, 0.1) is 19.0 Å². The van der Waals surface area contributed by atoms with Crippen LogP contribution in [0.4, 0.5) is 17.6 Å². The molecular weight excluding hydrogens is 374 g/mol. The Morgan fingerprint density at radius 1 is 1.00 bits per heavy atom. The fourth-order valence-corrected chi connectivity index (χ4v) is 3.49. The highest BCUT2D eigenvalue weighted by atomic mass is 32.2. The molecule has 0 saturated carbocycles. The van der Waals surface area contributed by atoms with Gasteiger partial charge in [0, 0.05) is 17.0 Å². The highest BCUT2D eigenvalue weighted by molar-refractivity contribution is 7.98. The molecule has 0 radical (unpaired) electrons. The summed E-state index contributed by atoms with van der Waals surface area (Å²) in [4.78, 5) is 14.0. The number of aromatic nitrogens is 3. The van der Waals surface area contributed by atoms with Crippen molar-refractivity contribution in [3.8, 4) is 11.5 Å². The lowest BCUT2D eigenvalue weighted by Crippen LogP contribution is -2.06. The Balaban J connectivity index is 1.45. The molecule has 2 aromatic carbocycles. The average molecular weight is 395 g/mol. The molecule has 1 aromatic heterocycles. The monoisotopic (exact) mass is 395 g/mol. The van der Waals surface area contributed by atoms with Crippen LogP contribution >= 0.6 is 11.8 Å². The van der Waals surface area contributed by atoms with Gasteiger partial charge in [-0.1, -0.05) is 17.7 Å². The zero-order chi connectivity index (χ0) is 19.3. The molecule has 28 heavy (non-hydrogen) atoms. The molecule has 0 atom stereocenters. The van der Waals surface area contributed by atoms with Crippen molar-refractivity contribution in [3.05, 3.63) is 53.9 Å². The number of nitrogens with one attached hydrogen (secondary N) is 1. The van der Waals surface area contributed by atoms with Gasteiger partial charge in [0.15, 0.2) is 11.5 Å². The fraction of sp³-hybridized carbons (Fsp3) is 0.250. The maximum absolute atomic E-state index is 5.87. The van der Waals surface area contributed by atoms with Crippen LogP contribution in [0.25, 0.3) is 0 Å². The third kappa shape index (κ3) is 4.64. The lowest BCUT2D eigenvalue weighted by Gasteiger charge is -2.10. The minimum Gasteiger partial charge on any atom is -0.490 e. The van der Waals surface area contributed by atoms with Crippen molar-refractivity contribution in [1.29, 1.82) is 0 Å². The molecule has 0 bridgehead atoms. The molecule has 7 nitrogen and oxygen atoms in total. The summed E-state index contributed by atoms with van der Waals surface area (Å²) in [6.07, 6.45) is 0.887. The number of hydrogen-bond acceptors (Lipinski definition) is 8. The molecule has 1 aliphatic rings. The van der Waals surface area contributed by atoms with E-state index in [9.17, 15) is 0 Å². The van der Waals surface area contributed by atoms with Crippen molar-refractivity contribution in [3.63, 3.8) is 0 Å². The molecule has 0 saturated heterocycles. The molecule has 4 rings (SSSR count). The predicted octanol–water partition coefficient (Wildman–Crippen LogP) is 3.96. The number of nitrogens with two attached hydrogens (primary N) is 1. The molecule has 0 amide bonds. The van der Waals surface area contributed by atoms with Gasteiger partial charge < -0.3 is 20.5 Å². The summed E-state index contributed by atoms with van der Waals surface area (Å²) >= 11 is 1.61. The van der Waals surface area contributed by atoms with Gasteiger partial charge in [-0.3, -0.25) is 0 Å². The van der Waals surface area contributed by atoms with Crippen LogP contribution in [0.1, 0.15) is 17.8 Å². The van der Waals surface area contributed by atoms with Crippen LogP contribution in [0.3, 0.4) is 0 Å². The Kier molecular flexibility index (Phi) is 5.48. The summed E-state index contributed by atoms with van der Waals surface area (Å²) in [7, 11) is 0. The number of fused-ring (bicyclic) bond motifs is 1. The molecule has 0 spiro atoms. The maximum Gasteiger partial charge on any atom is 0.232 e. The van der Waals surface area contributed by atoms with Gasteiger partial charge in [0.1, 0.15) is 5.82 Å². The van der Waals surface area contributed by atoms with Gasteiger partial charge in [0.25, 0.3) is 0 Å². The number of aryl methyl sites for hydroxylation is 1. The minimum atomic E-state index is 0.193. The first kappa shape index (κ1) is 18.4. The molecule has 1 aliphatic heterocycles. The van der Waals surface area contributed by atoms with E-state index in [4.69, 9.17) is 15.2 Å². The van der Waals surface area contributed by atoms with Crippen LogP contribution in [0.15, 0.2) is 47.4 Å². The van der Waals surface area contributed by atoms with E-state index < -0.39 is 0 Å². The van der Waals surface area contributed by atoms with Crippen LogP contribution < -0.4 is 20.5 Å². The van der Waals surface area contributed by atoms with E-state index in [0.29, 0.717) is 30.7 Å². The Bertz CT molecular complexity index is 965. The summed E-state index contributed by atoms with van der Waals surface area (Å²) in [5.41, 5.74) is 7.96. The van der Waals surface area contributed by atoms with Gasteiger partial charge in [0.2, 0.25) is 11.9 Å². The second-order valence-electron chi connectivity index (χ2n) is 6.37. The number of benzene rings is 2. The van der Waals surface area contributed by atoms with Crippen molar-refractivity contribution in [2.45, 2.75) is 24.0 Å². The Labute approximate surface area is 167 Å². The Morgan fingerprint density at radius 3 is 2.61 bits per heavy atom. The zero-order valence-electron chi connectivity index (χ0n) is 15.5. The highest BCUT2D eigenvalue weighted by Crippen LogP contribution is 2.34. The van der Waals surface area contributed by atoms with Crippen LogP contribution in [0.2, 0.25) is 0 Å². The molecule has 144 valence electrons. The van der Waals surface area contributed by atoms with E-state index in [0.717, 1.165) is 28.5 Å². The molecule has 3 N–H and O–H groups in total. The second-order valence-corrected chi connectivity index (χ2v) is 7.42. The van der Waals surface area contributed by atoms with E-state index in [2.05, 4.69) is 20.3 Å². The van der Waals surface area contributed by atoms with Crippen molar-refractivity contribution in [2.75, 3.05) is 24.3 Å². The summed E-state index contributed by atoms with van der Waals surface area (Å²) in [5.74, 6) is 3.37. The van der Waals surface area contributed by atoms with E-state index in [-0.39, 0.29) is 5.95 Å². The average Bonchev–Trinajstić information content (AvgIpc) is 2.93. The van der Waals surface area contributed by atoms with Gasteiger partial charge >= 0.3 is 0 Å². The standard InChI is InChI=1S/C20H21N5O2S/c1-13-3-5-14(6-4-13)22-20-24-18(23-19(21)25-20)12-28-15-7-8-16-17(11-15)27-10-2-9-26-16/h3-8,11H,2,9-10,12H2,1H3,(H3,21,22,23,24,25). The van der Waals surface area contributed by atoms with Crippen LogP contribution in [-0.2, 0) is 5.75 Å². The van der Waals surface area contributed by atoms with Crippen molar-refractivity contribution in [1.82, 2.24) is 15.0 Å². The first-order valence-electron chi connectivity index (χ1n) is 9.02. The summed E-state index contributed by atoms with van der Waals surface area (Å²) in [6.45, 7) is 3.39. The lowest BCUT2D eigenvalue weighted by molar-refractivity contribution is 0.297. The van der Waals surface area contributed by atoms with Crippen molar-refractivity contribution in [2.24, 2.45) is 0 Å². The zero-order valence-corrected chi connectivity index (χ0v) is 16.3. The van der Waals surface area contributed by atoms with Crippen LogP contribution in [0.5, 0.6) is 11.5 Å². The quantitative estimate of drug-likeness (QED) is 0.627. The maximum atomic E-state index is 5.87. The van der Waals surface area contributed by atoms with E-state index in [1.54, 1.807) is 11.8 Å². The minimum absolute atomic E-state index is 0.193. The first-order valence-corrected chi connectivity index (χ1v) is 10.0. The molecule has 8 heteroatoms. The second kappa shape index (κ2) is 8.35. The molecule has 0 unspecified atom stereocenters. The third-order valence-corrected chi connectivity index (χ3v) is 5.08. The Morgan fingerprint density at radius 2 is 1.79 bits per heavy atom. The number of nitrogens with zero attached hydrogens (tertiary/aromatic N) is 3. The van der Waals surface area contributed by atoms with Gasteiger partial charge in [-0.25, -0.2) is 0 Å². The van der Waals surface area contributed by atoms with Crippen molar-refractivity contribution >= 4 is 29.3 Å². The number of ether oxygens (including phenoxy) is 2. The van der Waals surface area contributed by atoms with Crippen LogP contribution in [0, 0.1) is 6.92 Å². The van der Waals surface area contributed by atoms with Gasteiger partial charge in [-0.15, -0.1) is 11.8 Å². The third-order valence-electron chi connectivity index (χ3n) is 4.09. The number of nitrogen functional groups attached to an aromatic ring is 1. The number of anilines is 3. The molecular formula is C20H21N5O2S. The molecule has 2 heterocycles. The van der Waals surface area contributed by atoms with Crippen LogP contribution in [-0.4, -0.2) is 28.2 Å². The summed E-state index contributed by atoms with van der Waals surface area (Å²) < 4.78 is 11.4. The van der Waals surface area contributed by atoms with Crippen molar-refractivity contribution < 1.29 is 9.47 Å². The van der Waals surface area contributed by atoms with Gasteiger partial charge in [-0.05, 0) is 37.3 Å². The number of hydrogen-bond donors (Lipinski definition) is 2. The largest absolute Gasteiger partial charge is 0.490 e. The van der Waals surface area contributed by atoms with E-state index in [1.807, 2.05) is 49.4 Å². The van der Waals surface area contributed by atoms with E-state index >= 15 is 0 Å². The normalized spacial score (nSPS) is 13.0. The molecule has 3 aromatic rings. The Hall–Kier alpha value is -3.00. The summed E-state index contributed by atoms with van der Waals surface area (Å²) in [6, 6.07) is 13.9. The topological polar surface area (TPSA) is 95.2 Å².